The lowest BCUT2D eigenvalue weighted by Gasteiger charge is -2.16. The molecule has 3 rings (SSSR count). The normalized spacial score (nSPS) is 20.4. The minimum absolute atomic E-state index is 0.164. The molecule has 116 valence electrons. The number of hydrogen-bond acceptors (Lipinski definition) is 6. The lowest BCUT2D eigenvalue weighted by atomic mass is 10.1. The van der Waals surface area contributed by atoms with Crippen LogP contribution in [0.2, 0.25) is 0 Å². The molecule has 1 unspecified atom stereocenters. The van der Waals surface area contributed by atoms with Gasteiger partial charge in [-0.1, -0.05) is 0 Å². The van der Waals surface area contributed by atoms with Gasteiger partial charge in [0.1, 0.15) is 24.9 Å². The van der Waals surface area contributed by atoms with Crippen molar-refractivity contribution in [3.05, 3.63) is 23.8 Å². The van der Waals surface area contributed by atoms with Gasteiger partial charge in [0.25, 0.3) is 0 Å². The summed E-state index contributed by atoms with van der Waals surface area (Å²) in [7, 11) is 0. The van der Waals surface area contributed by atoms with Gasteiger partial charge in [0, 0.05) is 11.3 Å². The summed E-state index contributed by atoms with van der Waals surface area (Å²) in [6.07, 6.45) is -0.584. The van der Waals surface area contributed by atoms with Crippen molar-refractivity contribution < 1.29 is 23.7 Å². The molecule has 2 aliphatic heterocycles. The smallest absolute Gasteiger partial charge is 0.238 e. The number of nitriles is 1. The third-order valence-corrected chi connectivity index (χ3v) is 3.25. The molecule has 1 aromatic rings. The van der Waals surface area contributed by atoms with E-state index in [0.29, 0.717) is 36.8 Å². The van der Waals surface area contributed by atoms with Gasteiger partial charge in [-0.15, -0.1) is 0 Å². The molecule has 0 saturated carbocycles. The second kappa shape index (κ2) is 6.75. The summed E-state index contributed by atoms with van der Waals surface area (Å²) in [5.41, 5.74) is 1.24. The highest BCUT2D eigenvalue weighted by Crippen LogP contribution is 2.33. The van der Waals surface area contributed by atoms with Crippen molar-refractivity contribution in [1.29, 1.82) is 5.26 Å². The summed E-state index contributed by atoms with van der Waals surface area (Å²) in [6.45, 7) is 2.21. The second-order valence-electron chi connectivity index (χ2n) is 4.97. The van der Waals surface area contributed by atoms with Crippen LogP contribution in [0.3, 0.4) is 0 Å². The molecule has 0 spiro atoms. The maximum Gasteiger partial charge on any atom is 0.238 e. The van der Waals surface area contributed by atoms with Gasteiger partial charge in [-0.2, -0.15) is 5.26 Å². The first kappa shape index (κ1) is 14.8. The van der Waals surface area contributed by atoms with Crippen LogP contribution in [0.5, 0.6) is 5.75 Å². The topological polar surface area (TPSA) is 93.1 Å². The Labute approximate surface area is 127 Å². The number of benzene rings is 1. The van der Waals surface area contributed by atoms with Crippen molar-refractivity contribution in [3.8, 4) is 11.8 Å². The number of hydrogen-bond donors (Lipinski definition) is 1. The Hall–Kier alpha value is -2.14. The third kappa shape index (κ3) is 3.74. The van der Waals surface area contributed by atoms with Crippen LogP contribution in [0.15, 0.2) is 18.2 Å². The van der Waals surface area contributed by atoms with Crippen LogP contribution in [0.4, 0.5) is 5.69 Å². The first-order valence-electron chi connectivity index (χ1n) is 7.04. The van der Waals surface area contributed by atoms with Gasteiger partial charge in [0.15, 0.2) is 6.29 Å². The molecule has 2 fully saturated rings. The molecule has 2 aliphatic rings. The first-order valence-corrected chi connectivity index (χ1v) is 7.04. The van der Waals surface area contributed by atoms with Crippen molar-refractivity contribution in [1.82, 2.24) is 0 Å². The number of carbonyl (C=O) groups is 1. The fourth-order valence-corrected chi connectivity index (χ4v) is 2.10. The van der Waals surface area contributed by atoms with E-state index in [1.54, 1.807) is 18.2 Å². The Morgan fingerprint density at radius 3 is 2.82 bits per heavy atom. The Morgan fingerprint density at radius 2 is 2.14 bits per heavy atom. The molecule has 7 heteroatoms. The van der Waals surface area contributed by atoms with E-state index in [1.165, 1.54) is 0 Å². The van der Waals surface area contributed by atoms with E-state index >= 15 is 0 Å². The van der Waals surface area contributed by atoms with Gasteiger partial charge in [-0.3, -0.25) is 4.79 Å². The fraction of sp³-hybridized carbons (Fsp3) is 0.467. The van der Waals surface area contributed by atoms with Gasteiger partial charge in [-0.05, 0) is 18.2 Å². The van der Waals surface area contributed by atoms with Gasteiger partial charge in [0.05, 0.1) is 25.9 Å². The Kier molecular flexibility index (Phi) is 4.53. The monoisotopic (exact) mass is 304 g/mol. The van der Waals surface area contributed by atoms with Crippen LogP contribution >= 0.6 is 0 Å². The summed E-state index contributed by atoms with van der Waals surface area (Å²) in [4.78, 5) is 11.6. The van der Waals surface area contributed by atoms with Gasteiger partial charge < -0.3 is 24.3 Å². The van der Waals surface area contributed by atoms with Crippen LogP contribution < -0.4 is 10.1 Å². The van der Waals surface area contributed by atoms with E-state index in [0.717, 1.165) is 6.61 Å². The molecule has 0 aromatic heterocycles. The molecular weight excluding hydrogens is 288 g/mol. The molecule has 0 bridgehead atoms. The zero-order valence-corrected chi connectivity index (χ0v) is 11.9. The molecule has 1 aromatic carbocycles. The predicted octanol–water partition coefficient (Wildman–Crippen LogP) is 1.36. The van der Waals surface area contributed by atoms with E-state index in [4.69, 9.17) is 24.2 Å². The standard InChI is InChI=1S/C15H16N2O5/c16-4-3-14(18)17-13-2-1-10(21-8-11-9-22-11)7-12(13)15-19-5-6-20-15/h1-2,7,11,15H,3,5-6,8-9H2,(H,17,18). The highest BCUT2D eigenvalue weighted by atomic mass is 16.7. The highest BCUT2D eigenvalue weighted by molar-refractivity contribution is 5.92. The van der Waals surface area contributed by atoms with Crippen LogP contribution in [-0.2, 0) is 19.0 Å². The lowest BCUT2D eigenvalue weighted by molar-refractivity contribution is -0.115. The maximum absolute atomic E-state index is 11.6. The number of nitrogens with one attached hydrogen (secondary N) is 1. The molecule has 1 atom stereocenters. The molecule has 22 heavy (non-hydrogen) atoms. The SMILES string of the molecule is N#CCC(=O)Nc1ccc(OCC2CO2)cc1C1OCCO1. The summed E-state index contributed by atoms with van der Waals surface area (Å²) >= 11 is 0. The molecule has 1 N–H and O–H groups in total. The molecule has 2 heterocycles. The Morgan fingerprint density at radius 1 is 1.36 bits per heavy atom. The molecule has 1 amide bonds. The van der Waals surface area contributed by atoms with E-state index in [9.17, 15) is 4.79 Å². The number of rotatable bonds is 6. The van der Waals surface area contributed by atoms with E-state index in [-0.39, 0.29) is 18.4 Å². The highest BCUT2D eigenvalue weighted by Gasteiger charge is 2.25. The number of epoxide rings is 1. The maximum atomic E-state index is 11.6. The Balaban J connectivity index is 1.77. The van der Waals surface area contributed by atoms with E-state index < -0.39 is 6.29 Å². The molecule has 0 radical (unpaired) electrons. The number of carbonyl (C=O) groups excluding carboxylic acids is 1. The predicted molar refractivity (Wildman–Crippen MR) is 75.2 cm³/mol. The van der Waals surface area contributed by atoms with E-state index in [1.807, 2.05) is 6.07 Å². The lowest BCUT2D eigenvalue weighted by Crippen LogP contribution is -2.14. The van der Waals surface area contributed by atoms with Crippen LogP contribution in [0, 0.1) is 11.3 Å². The number of anilines is 1. The number of amides is 1. The number of nitrogens with zero attached hydrogens (tertiary/aromatic N) is 1. The minimum atomic E-state index is -0.543. The molecular formula is C15H16N2O5. The zero-order chi connectivity index (χ0) is 15.4. The summed E-state index contributed by atoms with van der Waals surface area (Å²) in [5, 5.41) is 11.3. The van der Waals surface area contributed by atoms with E-state index in [2.05, 4.69) is 5.32 Å². The van der Waals surface area contributed by atoms with Crippen molar-refractivity contribution in [2.45, 2.75) is 18.8 Å². The van der Waals surface area contributed by atoms with Gasteiger partial charge in [0.2, 0.25) is 5.91 Å². The van der Waals surface area contributed by atoms with Crippen LogP contribution in [0.1, 0.15) is 18.3 Å². The van der Waals surface area contributed by atoms with Crippen molar-refractivity contribution in [3.63, 3.8) is 0 Å². The molecule has 0 aliphatic carbocycles. The molecule has 7 nitrogen and oxygen atoms in total. The van der Waals surface area contributed by atoms with Gasteiger partial charge >= 0.3 is 0 Å². The third-order valence-electron chi connectivity index (χ3n) is 3.25. The average Bonchev–Trinajstić information content (AvgIpc) is 3.18. The summed E-state index contributed by atoms with van der Waals surface area (Å²) in [6, 6.07) is 7.07. The quantitative estimate of drug-likeness (QED) is 0.798. The Bertz CT molecular complexity index is 588. The minimum Gasteiger partial charge on any atom is -0.491 e. The van der Waals surface area contributed by atoms with Gasteiger partial charge in [-0.25, -0.2) is 0 Å². The average molecular weight is 304 g/mol. The fourth-order valence-electron chi connectivity index (χ4n) is 2.10. The first-order chi connectivity index (χ1) is 10.8. The van der Waals surface area contributed by atoms with Crippen molar-refractivity contribution >= 4 is 11.6 Å². The van der Waals surface area contributed by atoms with Crippen molar-refractivity contribution in [2.24, 2.45) is 0 Å². The summed E-state index contributed by atoms with van der Waals surface area (Å²) in [5.74, 6) is 0.282. The van der Waals surface area contributed by atoms with Crippen LogP contribution in [0.25, 0.3) is 0 Å². The zero-order valence-electron chi connectivity index (χ0n) is 11.9. The summed E-state index contributed by atoms with van der Waals surface area (Å²) < 4.78 is 21.7. The second-order valence-corrected chi connectivity index (χ2v) is 4.97. The van der Waals surface area contributed by atoms with Crippen molar-refractivity contribution in [2.75, 3.05) is 31.7 Å². The van der Waals surface area contributed by atoms with Crippen LogP contribution in [-0.4, -0.2) is 38.4 Å². The largest absolute Gasteiger partial charge is 0.491 e. The molecule has 2 saturated heterocycles. The number of ether oxygens (including phenoxy) is 4.